The van der Waals surface area contributed by atoms with Crippen molar-refractivity contribution in [1.82, 2.24) is 14.9 Å². The van der Waals surface area contributed by atoms with Crippen molar-refractivity contribution >= 4 is 0 Å². The summed E-state index contributed by atoms with van der Waals surface area (Å²) < 4.78 is 2.17. The van der Waals surface area contributed by atoms with Gasteiger partial charge in [-0.15, -0.1) is 0 Å². The minimum Gasteiger partial charge on any atom is -0.394 e. The van der Waals surface area contributed by atoms with Gasteiger partial charge in [0.2, 0.25) is 0 Å². The molecule has 17 heavy (non-hydrogen) atoms. The molecule has 0 amide bonds. The van der Waals surface area contributed by atoms with E-state index in [-0.39, 0.29) is 12.1 Å². The van der Waals surface area contributed by atoms with Crippen LogP contribution in [0.4, 0.5) is 0 Å². The van der Waals surface area contributed by atoms with Crippen LogP contribution in [0.3, 0.4) is 0 Å². The second kappa shape index (κ2) is 6.77. The van der Waals surface area contributed by atoms with Crippen LogP contribution in [0.1, 0.15) is 39.4 Å². The second-order valence-electron chi connectivity index (χ2n) is 4.79. The van der Waals surface area contributed by atoms with Crippen LogP contribution >= 0.6 is 0 Å². The molecule has 0 radical (unpaired) electrons. The van der Waals surface area contributed by atoms with Gasteiger partial charge in [0.05, 0.1) is 6.61 Å². The second-order valence-corrected chi connectivity index (χ2v) is 4.79. The van der Waals surface area contributed by atoms with E-state index < -0.39 is 0 Å². The lowest BCUT2D eigenvalue weighted by Crippen LogP contribution is -2.46. The molecule has 1 rings (SSSR count). The summed E-state index contributed by atoms with van der Waals surface area (Å²) in [6, 6.07) is 0. The van der Waals surface area contributed by atoms with Gasteiger partial charge in [-0.2, -0.15) is 0 Å². The van der Waals surface area contributed by atoms with Crippen LogP contribution in [0, 0.1) is 0 Å². The van der Waals surface area contributed by atoms with Crippen LogP contribution in [0.2, 0.25) is 0 Å². The van der Waals surface area contributed by atoms with Gasteiger partial charge in [-0.3, -0.25) is 0 Å². The number of imidazole rings is 1. The third-order valence-corrected chi connectivity index (χ3v) is 3.17. The first-order valence-electron chi connectivity index (χ1n) is 6.51. The Morgan fingerprint density at radius 3 is 2.82 bits per heavy atom. The van der Waals surface area contributed by atoms with Gasteiger partial charge in [0, 0.05) is 30.9 Å². The highest BCUT2D eigenvalue weighted by molar-refractivity contribution is 4.93. The molecule has 4 heteroatoms. The molecule has 1 heterocycles. The Balaban J connectivity index is 2.52. The molecule has 1 aromatic heterocycles. The van der Waals surface area contributed by atoms with E-state index in [4.69, 9.17) is 0 Å². The zero-order valence-corrected chi connectivity index (χ0v) is 11.2. The average molecular weight is 239 g/mol. The standard InChI is InChI=1S/C13H25N3O/c1-4-7-15-13(3,11-17)6-9-16-10-8-14-12(16)5-2/h8,10,15,17H,4-7,9,11H2,1-3H3. The van der Waals surface area contributed by atoms with Crippen molar-refractivity contribution in [1.29, 1.82) is 0 Å². The highest BCUT2D eigenvalue weighted by atomic mass is 16.3. The molecule has 0 fully saturated rings. The van der Waals surface area contributed by atoms with Crippen LogP contribution < -0.4 is 5.32 Å². The van der Waals surface area contributed by atoms with E-state index in [1.54, 1.807) is 0 Å². The largest absolute Gasteiger partial charge is 0.394 e. The van der Waals surface area contributed by atoms with Crippen LogP contribution in [-0.4, -0.2) is 33.3 Å². The van der Waals surface area contributed by atoms with Crippen molar-refractivity contribution in [3.63, 3.8) is 0 Å². The smallest absolute Gasteiger partial charge is 0.108 e. The molecule has 2 N–H and O–H groups in total. The van der Waals surface area contributed by atoms with Gasteiger partial charge in [-0.05, 0) is 26.3 Å². The molecule has 0 saturated heterocycles. The molecule has 0 saturated carbocycles. The SMILES string of the molecule is CCCNC(C)(CO)CCn1ccnc1CC. The fourth-order valence-corrected chi connectivity index (χ4v) is 1.88. The number of aliphatic hydroxyl groups is 1. The number of aliphatic hydroxyl groups excluding tert-OH is 1. The molecule has 4 nitrogen and oxygen atoms in total. The number of nitrogens with one attached hydrogen (secondary N) is 1. The molecular weight excluding hydrogens is 214 g/mol. The Morgan fingerprint density at radius 1 is 1.47 bits per heavy atom. The lowest BCUT2D eigenvalue weighted by Gasteiger charge is -2.29. The summed E-state index contributed by atoms with van der Waals surface area (Å²) >= 11 is 0. The Hall–Kier alpha value is -0.870. The normalized spacial score (nSPS) is 14.8. The van der Waals surface area contributed by atoms with Crippen LogP contribution in [-0.2, 0) is 13.0 Å². The minimum atomic E-state index is -0.189. The number of rotatable bonds is 8. The Labute approximate surface area is 104 Å². The molecule has 0 aliphatic rings. The van der Waals surface area contributed by atoms with Crippen molar-refractivity contribution in [2.24, 2.45) is 0 Å². The molecule has 1 atom stereocenters. The number of nitrogens with zero attached hydrogens (tertiary/aromatic N) is 2. The summed E-state index contributed by atoms with van der Waals surface area (Å²) in [6.45, 7) is 8.34. The Morgan fingerprint density at radius 2 is 2.24 bits per heavy atom. The molecule has 0 spiro atoms. The summed E-state index contributed by atoms with van der Waals surface area (Å²) in [6.07, 6.45) is 6.80. The Kier molecular flexibility index (Phi) is 5.65. The molecule has 1 unspecified atom stereocenters. The average Bonchev–Trinajstić information content (AvgIpc) is 2.81. The first-order chi connectivity index (χ1) is 8.15. The number of aromatic nitrogens is 2. The van der Waals surface area contributed by atoms with E-state index in [1.165, 1.54) is 0 Å². The molecule has 98 valence electrons. The van der Waals surface area contributed by atoms with Crippen molar-refractivity contribution < 1.29 is 5.11 Å². The predicted octanol–water partition coefficient (Wildman–Crippen LogP) is 1.59. The zero-order valence-electron chi connectivity index (χ0n) is 11.2. The van der Waals surface area contributed by atoms with Gasteiger partial charge >= 0.3 is 0 Å². The first-order valence-corrected chi connectivity index (χ1v) is 6.51. The van der Waals surface area contributed by atoms with E-state index >= 15 is 0 Å². The van der Waals surface area contributed by atoms with Crippen LogP contribution in [0.25, 0.3) is 0 Å². The highest BCUT2D eigenvalue weighted by Crippen LogP contribution is 2.12. The van der Waals surface area contributed by atoms with Crippen molar-refractivity contribution in [3.05, 3.63) is 18.2 Å². The van der Waals surface area contributed by atoms with Gasteiger partial charge < -0.3 is 15.0 Å². The van der Waals surface area contributed by atoms with Crippen molar-refractivity contribution in [2.75, 3.05) is 13.2 Å². The van der Waals surface area contributed by atoms with E-state index in [0.29, 0.717) is 0 Å². The van der Waals surface area contributed by atoms with Gasteiger partial charge in [0.1, 0.15) is 5.82 Å². The Bertz CT molecular complexity index is 324. The zero-order chi connectivity index (χ0) is 12.7. The van der Waals surface area contributed by atoms with E-state index in [2.05, 4.69) is 35.6 Å². The molecule has 1 aromatic rings. The summed E-state index contributed by atoms with van der Waals surface area (Å²) in [4.78, 5) is 4.30. The maximum absolute atomic E-state index is 9.48. The van der Waals surface area contributed by atoms with E-state index in [1.807, 2.05) is 12.4 Å². The number of aryl methyl sites for hydroxylation is 2. The van der Waals surface area contributed by atoms with Gasteiger partial charge in [-0.1, -0.05) is 13.8 Å². The summed E-state index contributed by atoms with van der Waals surface area (Å²) in [5.74, 6) is 1.11. The third-order valence-electron chi connectivity index (χ3n) is 3.17. The molecule has 0 aromatic carbocycles. The van der Waals surface area contributed by atoms with Crippen molar-refractivity contribution in [3.8, 4) is 0 Å². The maximum atomic E-state index is 9.48. The topological polar surface area (TPSA) is 50.1 Å². The van der Waals surface area contributed by atoms with Gasteiger partial charge in [0.25, 0.3) is 0 Å². The quantitative estimate of drug-likeness (QED) is 0.724. The molecule has 0 bridgehead atoms. The fraction of sp³-hybridized carbons (Fsp3) is 0.769. The summed E-state index contributed by atoms with van der Waals surface area (Å²) in [5, 5.41) is 12.9. The van der Waals surface area contributed by atoms with E-state index in [0.717, 1.165) is 38.2 Å². The highest BCUT2D eigenvalue weighted by Gasteiger charge is 2.22. The van der Waals surface area contributed by atoms with Crippen molar-refractivity contribution in [2.45, 2.75) is 52.1 Å². The number of hydrogen-bond acceptors (Lipinski definition) is 3. The molecular formula is C13H25N3O. The monoisotopic (exact) mass is 239 g/mol. The maximum Gasteiger partial charge on any atom is 0.108 e. The number of hydrogen-bond donors (Lipinski definition) is 2. The minimum absolute atomic E-state index is 0.170. The first kappa shape index (κ1) is 14.2. The molecule has 0 aliphatic carbocycles. The van der Waals surface area contributed by atoms with Gasteiger partial charge in [0.15, 0.2) is 0 Å². The lowest BCUT2D eigenvalue weighted by atomic mass is 9.98. The fourth-order valence-electron chi connectivity index (χ4n) is 1.88. The van der Waals surface area contributed by atoms with Crippen LogP contribution in [0.15, 0.2) is 12.4 Å². The van der Waals surface area contributed by atoms with Gasteiger partial charge in [-0.25, -0.2) is 4.98 Å². The summed E-state index contributed by atoms with van der Waals surface area (Å²) in [7, 11) is 0. The molecule has 0 aliphatic heterocycles. The third kappa shape index (κ3) is 4.13. The summed E-state index contributed by atoms with van der Waals surface area (Å²) in [5.41, 5.74) is -0.189. The van der Waals surface area contributed by atoms with Crippen LogP contribution in [0.5, 0.6) is 0 Å². The van der Waals surface area contributed by atoms with E-state index in [9.17, 15) is 5.11 Å². The lowest BCUT2D eigenvalue weighted by molar-refractivity contribution is 0.161. The predicted molar refractivity (Wildman–Crippen MR) is 70.0 cm³/mol.